The zero-order valence-corrected chi connectivity index (χ0v) is 13.1. The van der Waals surface area contributed by atoms with Gasteiger partial charge in [0.05, 0.1) is 12.2 Å². The van der Waals surface area contributed by atoms with Gasteiger partial charge < -0.3 is 5.32 Å². The van der Waals surface area contributed by atoms with E-state index in [1.807, 2.05) is 43.6 Å². The van der Waals surface area contributed by atoms with Crippen molar-refractivity contribution in [1.82, 2.24) is 25.9 Å². The molecule has 0 aliphatic carbocycles. The van der Waals surface area contributed by atoms with Gasteiger partial charge >= 0.3 is 0 Å². The Balaban J connectivity index is 1.71. The van der Waals surface area contributed by atoms with Gasteiger partial charge in [0, 0.05) is 35.8 Å². The highest BCUT2D eigenvalue weighted by Gasteiger charge is 2.41. The summed E-state index contributed by atoms with van der Waals surface area (Å²) in [6.07, 6.45) is 1.83. The minimum Gasteiger partial charge on any atom is -0.350 e. The number of nitro groups is 1. The first-order valence-corrected chi connectivity index (χ1v) is 7.54. The molecule has 1 fully saturated rings. The van der Waals surface area contributed by atoms with Crippen LogP contribution in [0.4, 0.5) is 0 Å². The van der Waals surface area contributed by atoms with Gasteiger partial charge in [-0.05, 0) is 0 Å². The van der Waals surface area contributed by atoms with Crippen LogP contribution in [0.2, 0.25) is 0 Å². The first-order valence-electron chi connectivity index (χ1n) is 7.54. The Bertz CT molecular complexity index is 745. The van der Waals surface area contributed by atoms with Crippen molar-refractivity contribution in [3.63, 3.8) is 0 Å². The van der Waals surface area contributed by atoms with Crippen LogP contribution < -0.4 is 16.2 Å². The van der Waals surface area contributed by atoms with Gasteiger partial charge in [0.25, 0.3) is 6.04 Å². The fraction of sp³-hybridized carbons (Fsp3) is 0.333. The summed E-state index contributed by atoms with van der Waals surface area (Å²) in [6.45, 7) is 0.368. The highest BCUT2D eigenvalue weighted by atomic mass is 16.6. The molecule has 0 spiro atoms. The summed E-state index contributed by atoms with van der Waals surface area (Å²) in [6, 6.07) is 7.77. The summed E-state index contributed by atoms with van der Waals surface area (Å²) in [5, 5.41) is 18.1. The van der Waals surface area contributed by atoms with E-state index in [4.69, 9.17) is 0 Å². The summed E-state index contributed by atoms with van der Waals surface area (Å²) in [4.78, 5) is 22.8. The second-order valence-electron chi connectivity index (χ2n) is 5.62. The summed E-state index contributed by atoms with van der Waals surface area (Å²) in [7, 11) is 1.81. The molecule has 24 heavy (non-hydrogen) atoms. The average molecular weight is 330 g/mol. The maximum Gasteiger partial charge on any atom is 0.252 e. The SMILES string of the molecule is Cn1cc(CNC(=O)C2NNCC2[N+](=O)[O-])c(-c2ccccc2)n1. The fourth-order valence-corrected chi connectivity index (χ4v) is 2.72. The number of benzene rings is 1. The minimum atomic E-state index is -0.979. The molecule has 1 amide bonds. The van der Waals surface area contributed by atoms with Crippen LogP contribution in [-0.4, -0.2) is 39.2 Å². The molecule has 1 saturated heterocycles. The normalized spacial score (nSPS) is 20.0. The van der Waals surface area contributed by atoms with Crippen molar-refractivity contribution in [3.8, 4) is 11.3 Å². The quantitative estimate of drug-likeness (QED) is 0.518. The number of rotatable bonds is 5. The van der Waals surface area contributed by atoms with Crippen LogP contribution in [0.3, 0.4) is 0 Å². The van der Waals surface area contributed by atoms with Crippen LogP contribution in [-0.2, 0) is 18.4 Å². The molecule has 1 aromatic heterocycles. The Hall–Kier alpha value is -2.78. The van der Waals surface area contributed by atoms with Gasteiger partial charge in [-0.1, -0.05) is 30.3 Å². The number of aromatic nitrogens is 2. The zero-order valence-electron chi connectivity index (χ0n) is 13.1. The van der Waals surface area contributed by atoms with Crippen molar-refractivity contribution in [2.24, 2.45) is 7.05 Å². The lowest BCUT2D eigenvalue weighted by Crippen LogP contribution is -2.49. The third-order valence-corrected chi connectivity index (χ3v) is 3.91. The van der Waals surface area contributed by atoms with Crippen LogP contribution in [0.5, 0.6) is 0 Å². The summed E-state index contributed by atoms with van der Waals surface area (Å²) in [5.41, 5.74) is 7.88. The van der Waals surface area contributed by atoms with E-state index in [9.17, 15) is 14.9 Å². The number of nitrogens with zero attached hydrogens (tertiary/aromatic N) is 3. The van der Waals surface area contributed by atoms with E-state index in [2.05, 4.69) is 21.3 Å². The lowest BCUT2D eigenvalue weighted by atomic mass is 10.1. The Labute approximate surface area is 138 Å². The van der Waals surface area contributed by atoms with Crippen LogP contribution in [0, 0.1) is 10.1 Å². The van der Waals surface area contributed by atoms with Crippen molar-refractivity contribution in [2.45, 2.75) is 18.6 Å². The molecule has 0 bridgehead atoms. The predicted molar refractivity (Wildman–Crippen MR) is 86.2 cm³/mol. The molecule has 2 unspecified atom stereocenters. The zero-order chi connectivity index (χ0) is 17.1. The highest BCUT2D eigenvalue weighted by Crippen LogP contribution is 2.21. The Morgan fingerprint density at radius 2 is 2.21 bits per heavy atom. The molecule has 0 saturated carbocycles. The number of aryl methyl sites for hydroxylation is 1. The van der Waals surface area contributed by atoms with Crippen LogP contribution >= 0.6 is 0 Å². The van der Waals surface area contributed by atoms with Crippen LogP contribution in [0.15, 0.2) is 36.5 Å². The number of hydrazine groups is 1. The van der Waals surface area contributed by atoms with Crippen LogP contribution in [0.25, 0.3) is 11.3 Å². The van der Waals surface area contributed by atoms with Gasteiger partial charge in [-0.25, -0.2) is 10.9 Å². The van der Waals surface area contributed by atoms with Crippen molar-refractivity contribution >= 4 is 5.91 Å². The summed E-state index contributed by atoms with van der Waals surface area (Å²) < 4.78 is 1.68. The second kappa shape index (κ2) is 6.77. The first kappa shape index (κ1) is 16.1. The number of hydrogen-bond acceptors (Lipinski definition) is 6. The molecule has 3 N–H and O–H groups in total. The largest absolute Gasteiger partial charge is 0.350 e. The monoisotopic (exact) mass is 330 g/mol. The molecular weight excluding hydrogens is 312 g/mol. The van der Waals surface area contributed by atoms with Crippen molar-refractivity contribution < 1.29 is 9.72 Å². The maximum absolute atomic E-state index is 12.2. The highest BCUT2D eigenvalue weighted by molar-refractivity contribution is 5.82. The van der Waals surface area contributed by atoms with Gasteiger partial charge in [-0.3, -0.25) is 19.6 Å². The molecule has 9 nitrogen and oxygen atoms in total. The lowest BCUT2D eigenvalue weighted by Gasteiger charge is -2.12. The third-order valence-electron chi connectivity index (χ3n) is 3.91. The van der Waals surface area contributed by atoms with E-state index in [-0.39, 0.29) is 13.1 Å². The molecule has 9 heteroatoms. The van der Waals surface area contributed by atoms with Gasteiger partial charge in [0.2, 0.25) is 5.91 Å². The van der Waals surface area contributed by atoms with Crippen LogP contribution in [0.1, 0.15) is 5.56 Å². The Morgan fingerprint density at radius 1 is 1.46 bits per heavy atom. The fourth-order valence-electron chi connectivity index (χ4n) is 2.72. The van der Waals surface area contributed by atoms with Crippen molar-refractivity contribution in [1.29, 1.82) is 0 Å². The topological polar surface area (TPSA) is 114 Å². The smallest absolute Gasteiger partial charge is 0.252 e. The lowest BCUT2D eigenvalue weighted by molar-refractivity contribution is -0.517. The third kappa shape index (κ3) is 3.26. The molecule has 2 atom stereocenters. The predicted octanol–water partition coefficient (Wildman–Crippen LogP) is -0.175. The second-order valence-corrected chi connectivity index (χ2v) is 5.62. The molecule has 3 rings (SSSR count). The van der Waals surface area contributed by atoms with Gasteiger partial charge in [-0.15, -0.1) is 0 Å². The van der Waals surface area contributed by atoms with E-state index >= 15 is 0 Å². The van der Waals surface area contributed by atoms with Crippen molar-refractivity contribution in [2.75, 3.05) is 6.54 Å². The van der Waals surface area contributed by atoms with Gasteiger partial charge in [-0.2, -0.15) is 5.10 Å². The molecule has 1 aromatic carbocycles. The van der Waals surface area contributed by atoms with E-state index in [1.165, 1.54) is 0 Å². The molecular formula is C15H18N6O3. The van der Waals surface area contributed by atoms with Crippen molar-refractivity contribution in [3.05, 3.63) is 52.2 Å². The molecule has 126 valence electrons. The van der Waals surface area contributed by atoms with E-state index in [0.717, 1.165) is 16.8 Å². The number of carbonyl (C=O) groups is 1. The maximum atomic E-state index is 12.2. The molecule has 0 radical (unpaired) electrons. The van der Waals surface area contributed by atoms with E-state index in [0.29, 0.717) is 0 Å². The van der Waals surface area contributed by atoms with E-state index < -0.39 is 22.9 Å². The number of nitrogens with one attached hydrogen (secondary N) is 3. The van der Waals surface area contributed by atoms with E-state index in [1.54, 1.807) is 4.68 Å². The first-order chi connectivity index (χ1) is 11.6. The Kier molecular flexibility index (Phi) is 4.54. The standard InChI is InChI=1S/C15H18N6O3/c1-20-9-11(13(19-20)10-5-3-2-4-6-10)7-16-15(22)14-12(21(23)24)8-17-18-14/h2-6,9,12,14,17-18H,7-8H2,1H3,(H,16,22). The van der Waals surface area contributed by atoms with Gasteiger partial charge in [0.1, 0.15) is 0 Å². The number of carbonyl (C=O) groups excluding carboxylic acids is 1. The molecule has 2 heterocycles. The summed E-state index contributed by atoms with van der Waals surface area (Å²) >= 11 is 0. The minimum absolute atomic E-state index is 0.118. The number of amides is 1. The molecule has 1 aliphatic heterocycles. The Morgan fingerprint density at radius 3 is 2.92 bits per heavy atom. The molecule has 2 aromatic rings. The number of hydrogen-bond donors (Lipinski definition) is 3. The average Bonchev–Trinajstić information content (AvgIpc) is 3.20. The molecule has 1 aliphatic rings. The summed E-state index contributed by atoms with van der Waals surface area (Å²) in [5.74, 6) is -0.412. The van der Waals surface area contributed by atoms with Gasteiger partial charge in [0.15, 0.2) is 6.04 Å².